The molecule has 0 spiro atoms. The minimum absolute atomic E-state index is 0.531. The Morgan fingerprint density at radius 3 is 3.06 bits per heavy atom. The molecule has 0 fully saturated rings. The fourth-order valence-electron chi connectivity index (χ4n) is 2.10. The molecule has 0 radical (unpaired) electrons. The van der Waals surface area contributed by atoms with Crippen LogP contribution in [-0.2, 0) is 17.8 Å². The van der Waals surface area contributed by atoms with E-state index in [0.717, 1.165) is 23.4 Å². The van der Waals surface area contributed by atoms with Crippen LogP contribution in [0.2, 0.25) is 0 Å². The number of nitrogens with one attached hydrogen (secondary N) is 1. The molecule has 0 saturated carbocycles. The van der Waals surface area contributed by atoms with Gasteiger partial charge in [0.25, 0.3) is 0 Å². The minimum atomic E-state index is -0.531. The second-order valence-electron chi connectivity index (χ2n) is 4.97. The molecule has 3 rings (SSSR count). The van der Waals surface area contributed by atoms with Gasteiger partial charge >= 0.3 is 0 Å². The largest absolute Gasteiger partial charge is 0.463 e. The number of imidazole rings is 1. The van der Waals surface area contributed by atoms with Crippen LogP contribution in [0.5, 0.6) is 5.75 Å². The number of nitrogens with zero attached hydrogens (tertiary/aromatic N) is 1. The normalized spacial score (nSPS) is 17.0. The Hall–Kier alpha value is -1.81. The van der Waals surface area contributed by atoms with Crippen LogP contribution in [0, 0.1) is 0 Å². The molecule has 0 amide bonds. The average Bonchev–Trinajstić information content (AvgIpc) is 2.81. The van der Waals surface area contributed by atoms with Crippen LogP contribution in [-0.4, -0.2) is 15.8 Å². The monoisotopic (exact) mass is 244 g/mol. The van der Waals surface area contributed by atoms with E-state index < -0.39 is 5.79 Å². The summed E-state index contributed by atoms with van der Waals surface area (Å²) in [4.78, 5) is 7.19. The van der Waals surface area contributed by atoms with Gasteiger partial charge in [0.05, 0.1) is 18.6 Å². The predicted molar refractivity (Wildman–Crippen MR) is 67.3 cm³/mol. The molecule has 94 valence electrons. The molecule has 18 heavy (non-hydrogen) atoms. The lowest BCUT2D eigenvalue weighted by Crippen LogP contribution is -2.35. The molecule has 0 aliphatic carbocycles. The van der Waals surface area contributed by atoms with Crippen molar-refractivity contribution in [3.05, 3.63) is 47.5 Å². The summed E-state index contributed by atoms with van der Waals surface area (Å²) in [5.74, 6) is 0.383. The number of hydrogen-bond donors (Lipinski definition) is 1. The van der Waals surface area contributed by atoms with Crippen molar-refractivity contribution in [1.29, 1.82) is 0 Å². The SMILES string of the molecule is CC1(C)OCc2cc(Cc3c[nH]cn3)ccc2O1. The predicted octanol–water partition coefficient (Wildman–Crippen LogP) is 2.65. The number of ether oxygens (including phenoxy) is 2. The van der Waals surface area contributed by atoms with Gasteiger partial charge in [-0.25, -0.2) is 4.98 Å². The van der Waals surface area contributed by atoms with Gasteiger partial charge in [-0.15, -0.1) is 0 Å². The van der Waals surface area contributed by atoms with Gasteiger partial charge in [0.1, 0.15) is 5.75 Å². The molecule has 0 saturated heterocycles. The van der Waals surface area contributed by atoms with E-state index in [4.69, 9.17) is 9.47 Å². The van der Waals surface area contributed by atoms with Crippen molar-refractivity contribution in [2.45, 2.75) is 32.7 Å². The standard InChI is InChI=1S/C14H16N2O2/c1-14(2)17-8-11-5-10(3-4-13(11)18-14)6-12-7-15-9-16-12/h3-5,7,9H,6,8H2,1-2H3,(H,15,16). The van der Waals surface area contributed by atoms with Crippen LogP contribution in [0.25, 0.3) is 0 Å². The first-order chi connectivity index (χ1) is 8.62. The van der Waals surface area contributed by atoms with E-state index in [-0.39, 0.29) is 0 Å². The van der Waals surface area contributed by atoms with Gasteiger partial charge < -0.3 is 14.5 Å². The quantitative estimate of drug-likeness (QED) is 0.883. The first kappa shape index (κ1) is 11.3. The number of hydrogen-bond acceptors (Lipinski definition) is 3. The van der Waals surface area contributed by atoms with E-state index in [1.165, 1.54) is 5.56 Å². The second kappa shape index (κ2) is 4.14. The Morgan fingerprint density at radius 1 is 1.39 bits per heavy atom. The van der Waals surface area contributed by atoms with Gasteiger partial charge in [0, 0.05) is 32.0 Å². The maximum absolute atomic E-state index is 5.77. The molecule has 0 unspecified atom stereocenters. The third-order valence-electron chi connectivity index (χ3n) is 3.00. The number of fused-ring (bicyclic) bond motifs is 1. The molecule has 1 aliphatic heterocycles. The maximum atomic E-state index is 5.77. The zero-order chi connectivity index (χ0) is 12.6. The molecule has 1 aliphatic rings. The van der Waals surface area contributed by atoms with Gasteiger partial charge in [-0.05, 0) is 17.7 Å². The highest BCUT2D eigenvalue weighted by Gasteiger charge is 2.27. The summed E-state index contributed by atoms with van der Waals surface area (Å²) in [6.45, 7) is 4.44. The highest BCUT2D eigenvalue weighted by atomic mass is 16.7. The molecule has 4 heteroatoms. The molecule has 2 aromatic rings. The first-order valence-electron chi connectivity index (χ1n) is 6.05. The van der Waals surface area contributed by atoms with Crippen molar-refractivity contribution in [3.8, 4) is 5.75 Å². The molecule has 0 atom stereocenters. The Labute approximate surface area is 106 Å². The van der Waals surface area contributed by atoms with Crippen molar-refractivity contribution in [1.82, 2.24) is 9.97 Å². The number of benzene rings is 1. The highest BCUT2D eigenvalue weighted by molar-refractivity contribution is 5.39. The number of aromatic amines is 1. The van der Waals surface area contributed by atoms with E-state index >= 15 is 0 Å². The smallest absolute Gasteiger partial charge is 0.205 e. The lowest BCUT2D eigenvalue weighted by Gasteiger charge is -2.32. The molecule has 2 heterocycles. The Balaban J connectivity index is 1.84. The van der Waals surface area contributed by atoms with E-state index in [1.807, 2.05) is 26.1 Å². The molecular weight excluding hydrogens is 228 g/mol. The number of aromatic nitrogens is 2. The summed E-state index contributed by atoms with van der Waals surface area (Å²) < 4.78 is 11.4. The van der Waals surface area contributed by atoms with Gasteiger partial charge in [-0.1, -0.05) is 6.07 Å². The first-order valence-corrected chi connectivity index (χ1v) is 6.05. The molecule has 4 nitrogen and oxygen atoms in total. The van der Waals surface area contributed by atoms with Crippen LogP contribution < -0.4 is 4.74 Å². The molecule has 1 aromatic heterocycles. The number of H-pyrrole nitrogens is 1. The Bertz CT molecular complexity index is 547. The fraction of sp³-hybridized carbons (Fsp3) is 0.357. The van der Waals surface area contributed by atoms with Crippen LogP contribution in [0.4, 0.5) is 0 Å². The maximum Gasteiger partial charge on any atom is 0.205 e. The van der Waals surface area contributed by atoms with E-state index in [2.05, 4.69) is 22.1 Å². The summed E-state index contributed by atoms with van der Waals surface area (Å²) >= 11 is 0. The van der Waals surface area contributed by atoms with Crippen molar-refractivity contribution in [2.75, 3.05) is 0 Å². The summed E-state index contributed by atoms with van der Waals surface area (Å²) in [5.41, 5.74) is 3.35. The van der Waals surface area contributed by atoms with E-state index in [0.29, 0.717) is 6.61 Å². The van der Waals surface area contributed by atoms with Gasteiger partial charge in [-0.3, -0.25) is 0 Å². The summed E-state index contributed by atoms with van der Waals surface area (Å²) in [6, 6.07) is 6.22. The molecule has 1 aromatic carbocycles. The minimum Gasteiger partial charge on any atom is -0.463 e. The zero-order valence-corrected chi connectivity index (χ0v) is 10.6. The Kier molecular flexibility index (Phi) is 2.59. The fourth-order valence-corrected chi connectivity index (χ4v) is 2.10. The van der Waals surface area contributed by atoms with Gasteiger partial charge in [0.15, 0.2) is 0 Å². The van der Waals surface area contributed by atoms with Gasteiger partial charge in [-0.2, -0.15) is 0 Å². The van der Waals surface area contributed by atoms with E-state index in [1.54, 1.807) is 6.33 Å². The molecule has 1 N–H and O–H groups in total. The lowest BCUT2D eigenvalue weighted by atomic mass is 10.1. The van der Waals surface area contributed by atoms with Crippen molar-refractivity contribution in [2.24, 2.45) is 0 Å². The van der Waals surface area contributed by atoms with Crippen LogP contribution in [0.15, 0.2) is 30.7 Å². The number of rotatable bonds is 2. The van der Waals surface area contributed by atoms with Gasteiger partial charge in [0.2, 0.25) is 5.79 Å². The third kappa shape index (κ3) is 2.24. The van der Waals surface area contributed by atoms with Crippen molar-refractivity contribution >= 4 is 0 Å². The highest BCUT2D eigenvalue weighted by Crippen LogP contribution is 2.31. The second-order valence-corrected chi connectivity index (χ2v) is 4.97. The Morgan fingerprint density at radius 2 is 2.28 bits per heavy atom. The molecule has 0 bridgehead atoms. The van der Waals surface area contributed by atoms with E-state index in [9.17, 15) is 0 Å². The summed E-state index contributed by atoms with van der Waals surface area (Å²) in [7, 11) is 0. The topological polar surface area (TPSA) is 47.1 Å². The summed E-state index contributed by atoms with van der Waals surface area (Å²) in [5, 5.41) is 0. The van der Waals surface area contributed by atoms with Crippen molar-refractivity contribution in [3.63, 3.8) is 0 Å². The average molecular weight is 244 g/mol. The van der Waals surface area contributed by atoms with Crippen LogP contribution in [0.1, 0.15) is 30.7 Å². The molecular formula is C14H16N2O2. The summed E-state index contributed by atoms with van der Waals surface area (Å²) in [6.07, 6.45) is 4.43. The zero-order valence-electron chi connectivity index (χ0n) is 10.6. The van der Waals surface area contributed by atoms with Crippen LogP contribution >= 0.6 is 0 Å². The van der Waals surface area contributed by atoms with Crippen molar-refractivity contribution < 1.29 is 9.47 Å². The van der Waals surface area contributed by atoms with Crippen LogP contribution in [0.3, 0.4) is 0 Å². The third-order valence-corrected chi connectivity index (χ3v) is 3.00. The lowest BCUT2D eigenvalue weighted by molar-refractivity contribution is -0.180.